The van der Waals surface area contributed by atoms with Crippen molar-refractivity contribution in [3.05, 3.63) is 59.0 Å². The minimum atomic E-state index is -0.0134. The predicted octanol–water partition coefficient (Wildman–Crippen LogP) is 4.42. The second kappa shape index (κ2) is 4.75. The Morgan fingerprint density at radius 1 is 1.25 bits per heavy atom. The van der Waals surface area contributed by atoms with Crippen LogP contribution in [0.1, 0.15) is 27.8 Å². The Bertz CT molecular complexity index is 473. The maximum Gasteiger partial charge on any atom is 0.105 e. The predicted molar refractivity (Wildman–Crippen MR) is 66.9 cm³/mol. The summed E-state index contributed by atoms with van der Waals surface area (Å²) in [6.45, 7) is 4.04. The van der Waals surface area contributed by atoms with Crippen LogP contribution in [0.5, 0.6) is 0 Å². The molecule has 0 radical (unpaired) electrons. The van der Waals surface area contributed by atoms with Crippen LogP contribution in [0.3, 0.4) is 0 Å². The summed E-state index contributed by atoms with van der Waals surface area (Å²) < 4.78 is 5.26. The molecule has 0 N–H and O–H groups in total. The van der Waals surface area contributed by atoms with Crippen LogP contribution in [0.2, 0.25) is 0 Å². The van der Waals surface area contributed by atoms with Gasteiger partial charge in [0.1, 0.15) is 5.76 Å². The smallest absolute Gasteiger partial charge is 0.105 e. The summed E-state index contributed by atoms with van der Waals surface area (Å²) in [6, 6.07) is 10.4. The molecule has 0 amide bonds. The monoisotopic (exact) mass is 234 g/mol. The molecule has 2 aromatic rings. The van der Waals surface area contributed by atoms with Crippen molar-refractivity contribution in [2.75, 3.05) is 0 Å². The van der Waals surface area contributed by atoms with Gasteiger partial charge in [-0.2, -0.15) is 0 Å². The molecule has 2 heteroatoms. The summed E-state index contributed by atoms with van der Waals surface area (Å²) in [7, 11) is 0. The molecule has 0 fully saturated rings. The number of hydrogen-bond acceptors (Lipinski definition) is 1. The van der Waals surface area contributed by atoms with E-state index in [-0.39, 0.29) is 5.38 Å². The van der Waals surface area contributed by atoms with Crippen LogP contribution in [-0.2, 0) is 6.42 Å². The minimum Gasteiger partial charge on any atom is -0.469 e. The highest BCUT2D eigenvalue weighted by atomic mass is 35.5. The summed E-state index contributed by atoms with van der Waals surface area (Å²) in [5.74, 6) is 0.910. The molecule has 1 aromatic carbocycles. The van der Waals surface area contributed by atoms with Gasteiger partial charge < -0.3 is 4.42 Å². The van der Waals surface area contributed by atoms with Crippen molar-refractivity contribution in [3.63, 3.8) is 0 Å². The van der Waals surface area contributed by atoms with Gasteiger partial charge in [-0.1, -0.05) is 29.8 Å². The highest BCUT2D eigenvalue weighted by molar-refractivity contribution is 6.21. The lowest BCUT2D eigenvalue weighted by atomic mass is 10.0. The topological polar surface area (TPSA) is 13.1 Å². The van der Waals surface area contributed by atoms with Crippen molar-refractivity contribution in [2.24, 2.45) is 0 Å². The van der Waals surface area contributed by atoms with E-state index < -0.39 is 0 Å². The molecule has 0 spiro atoms. The zero-order valence-corrected chi connectivity index (χ0v) is 10.3. The summed E-state index contributed by atoms with van der Waals surface area (Å²) >= 11 is 6.38. The van der Waals surface area contributed by atoms with Crippen LogP contribution in [0.15, 0.2) is 41.0 Å². The third-order valence-corrected chi connectivity index (χ3v) is 3.12. The van der Waals surface area contributed by atoms with Gasteiger partial charge in [-0.25, -0.2) is 0 Å². The Hall–Kier alpha value is -1.21. The van der Waals surface area contributed by atoms with E-state index >= 15 is 0 Å². The number of halogens is 1. The maximum atomic E-state index is 6.38. The van der Waals surface area contributed by atoms with Gasteiger partial charge in [0.05, 0.1) is 11.6 Å². The van der Waals surface area contributed by atoms with Crippen molar-refractivity contribution in [2.45, 2.75) is 25.6 Å². The number of furan rings is 1. The van der Waals surface area contributed by atoms with Crippen LogP contribution in [0, 0.1) is 13.8 Å². The Morgan fingerprint density at radius 3 is 2.69 bits per heavy atom. The molecular formula is C14H15ClO. The van der Waals surface area contributed by atoms with Gasteiger partial charge in [-0.15, -0.1) is 11.6 Å². The third-order valence-electron chi connectivity index (χ3n) is 2.73. The van der Waals surface area contributed by atoms with Crippen LogP contribution in [-0.4, -0.2) is 0 Å². The average molecular weight is 235 g/mol. The largest absolute Gasteiger partial charge is 0.469 e. The second-order valence-electron chi connectivity index (χ2n) is 4.09. The lowest BCUT2D eigenvalue weighted by Crippen LogP contribution is -1.96. The molecule has 84 valence electrons. The Balaban J connectivity index is 2.14. The fourth-order valence-corrected chi connectivity index (χ4v) is 2.28. The van der Waals surface area contributed by atoms with Crippen LogP contribution < -0.4 is 0 Å². The third kappa shape index (κ3) is 2.48. The zero-order valence-electron chi connectivity index (χ0n) is 9.53. The summed E-state index contributed by atoms with van der Waals surface area (Å²) in [6.07, 6.45) is 2.53. The van der Waals surface area contributed by atoms with Crippen molar-refractivity contribution < 1.29 is 4.42 Å². The molecule has 0 aliphatic carbocycles. The van der Waals surface area contributed by atoms with E-state index in [0.29, 0.717) is 0 Å². The van der Waals surface area contributed by atoms with E-state index in [9.17, 15) is 0 Å². The Labute approximate surface area is 101 Å². The summed E-state index contributed by atoms with van der Waals surface area (Å²) in [5.41, 5.74) is 3.62. The Kier molecular flexibility index (Phi) is 3.35. The first-order chi connectivity index (χ1) is 7.66. The van der Waals surface area contributed by atoms with Crippen molar-refractivity contribution >= 4 is 11.6 Å². The van der Waals surface area contributed by atoms with E-state index in [1.54, 1.807) is 6.26 Å². The fraction of sp³-hybridized carbons (Fsp3) is 0.286. The van der Waals surface area contributed by atoms with E-state index in [1.807, 2.05) is 13.0 Å². The number of rotatable bonds is 3. The van der Waals surface area contributed by atoms with Gasteiger partial charge in [0.15, 0.2) is 0 Å². The van der Waals surface area contributed by atoms with Crippen LogP contribution >= 0.6 is 11.6 Å². The van der Waals surface area contributed by atoms with Crippen LogP contribution in [0.25, 0.3) is 0 Å². The molecule has 1 aromatic heterocycles. The van der Waals surface area contributed by atoms with Gasteiger partial charge in [0, 0.05) is 5.56 Å². The minimum absolute atomic E-state index is 0.0134. The van der Waals surface area contributed by atoms with Gasteiger partial charge in [0.2, 0.25) is 0 Å². The molecule has 1 nitrogen and oxygen atoms in total. The SMILES string of the molecule is Cc1cccc(CC(Cl)c2ccoc2C)c1. The number of alkyl halides is 1. The maximum absolute atomic E-state index is 6.38. The molecule has 0 bridgehead atoms. The quantitative estimate of drug-likeness (QED) is 0.717. The van der Waals surface area contributed by atoms with Crippen LogP contribution in [0.4, 0.5) is 0 Å². The standard InChI is InChI=1S/C14H15ClO/c1-10-4-3-5-12(8-10)9-14(15)13-6-7-16-11(13)2/h3-8,14H,9H2,1-2H3. The first-order valence-corrected chi connectivity index (χ1v) is 5.84. The van der Waals surface area contributed by atoms with Gasteiger partial charge >= 0.3 is 0 Å². The Morgan fingerprint density at radius 2 is 2.06 bits per heavy atom. The van der Waals surface area contributed by atoms with Gasteiger partial charge in [-0.05, 0) is 31.9 Å². The zero-order chi connectivity index (χ0) is 11.5. The first-order valence-electron chi connectivity index (χ1n) is 5.40. The van der Waals surface area contributed by atoms with E-state index in [1.165, 1.54) is 11.1 Å². The second-order valence-corrected chi connectivity index (χ2v) is 4.62. The molecule has 1 heterocycles. The highest BCUT2D eigenvalue weighted by Crippen LogP contribution is 2.28. The van der Waals surface area contributed by atoms with E-state index in [2.05, 4.69) is 31.2 Å². The molecule has 16 heavy (non-hydrogen) atoms. The average Bonchev–Trinajstić information content (AvgIpc) is 2.64. The van der Waals surface area contributed by atoms with Gasteiger partial charge in [0.25, 0.3) is 0 Å². The van der Waals surface area contributed by atoms with E-state index in [4.69, 9.17) is 16.0 Å². The lowest BCUT2D eigenvalue weighted by molar-refractivity contribution is 0.529. The first kappa shape index (κ1) is 11.3. The molecule has 0 aliphatic rings. The lowest BCUT2D eigenvalue weighted by Gasteiger charge is -2.09. The number of benzene rings is 1. The summed E-state index contributed by atoms with van der Waals surface area (Å²) in [5, 5.41) is -0.0134. The van der Waals surface area contributed by atoms with E-state index in [0.717, 1.165) is 17.7 Å². The molecule has 0 saturated carbocycles. The highest BCUT2D eigenvalue weighted by Gasteiger charge is 2.13. The molecule has 0 saturated heterocycles. The molecule has 0 aliphatic heterocycles. The fourth-order valence-electron chi connectivity index (χ4n) is 1.88. The van der Waals surface area contributed by atoms with Gasteiger partial charge in [-0.3, -0.25) is 0 Å². The molecule has 1 atom stereocenters. The molecular weight excluding hydrogens is 220 g/mol. The molecule has 1 unspecified atom stereocenters. The van der Waals surface area contributed by atoms with Crippen molar-refractivity contribution in [1.29, 1.82) is 0 Å². The number of aryl methyl sites for hydroxylation is 2. The molecule has 2 rings (SSSR count). The summed E-state index contributed by atoms with van der Waals surface area (Å²) in [4.78, 5) is 0. The number of hydrogen-bond donors (Lipinski definition) is 0. The van der Waals surface area contributed by atoms with Crippen molar-refractivity contribution in [3.8, 4) is 0 Å². The van der Waals surface area contributed by atoms with Crippen molar-refractivity contribution in [1.82, 2.24) is 0 Å². The normalized spacial score (nSPS) is 12.7.